The average Bonchev–Trinajstić information content (AvgIpc) is 3.12. The third-order valence-electron chi connectivity index (χ3n) is 4.00. The van der Waals surface area contributed by atoms with Crippen LogP contribution in [-0.2, 0) is 16.6 Å². The van der Waals surface area contributed by atoms with Gasteiger partial charge in [0.25, 0.3) is 5.91 Å². The van der Waals surface area contributed by atoms with Gasteiger partial charge in [-0.3, -0.25) is 4.79 Å². The first-order chi connectivity index (χ1) is 13.3. The van der Waals surface area contributed by atoms with Crippen LogP contribution >= 0.6 is 0 Å². The summed E-state index contributed by atoms with van der Waals surface area (Å²) in [5.74, 6) is 1.06. The SMILES string of the molecule is COc1ccc(C(=O)NCc2ccc3c(c2)OCO3)cc1S(=O)(=O)NC(C)C. The van der Waals surface area contributed by atoms with Gasteiger partial charge in [-0.15, -0.1) is 0 Å². The zero-order valence-electron chi connectivity index (χ0n) is 15.8. The molecule has 1 aliphatic heterocycles. The molecule has 8 nitrogen and oxygen atoms in total. The minimum absolute atomic E-state index is 0.0839. The second-order valence-electron chi connectivity index (χ2n) is 6.51. The molecule has 3 rings (SSSR count). The highest BCUT2D eigenvalue weighted by Gasteiger charge is 2.22. The van der Waals surface area contributed by atoms with Crippen LogP contribution in [0.1, 0.15) is 29.8 Å². The number of sulfonamides is 1. The summed E-state index contributed by atoms with van der Waals surface area (Å²) < 4.78 is 43.3. The normalized spacial score (nSPS) is 12.9. The van der Waals surface area contributed by atoms with E-state index in [1.807, 2.05) is 6.07 Å². The number of hydrogen-bond acceptors (Lipinski definition) is 6. The van der Waals surface area contributed by atoms with Crippen LogP contribution in [0.3, 0.4) is 0 Å². The summed E-state index contributed by atoms with van der Waals surface area (Å²) in [6, 6.07) is 9.38. The van der Waals surface area contributed by atoms with Gasteiger partial charge >= 0.3 is 0 Å². The van der Waals surface area contributed by atoms with E-state index in [9.17, 15) is 13.2 Å². The summed E-state index contributed by atoms with van der Waals surface area (Å²) >= 11 is 0. The number of carbonyl (C=O) groups is 1. The molecule has 0 unspecified atom stereocenters. The Bertz CT molecular complexity index is 988. The van der Waals surface area contributed by atoms with Crippen LogP contribution < -0.4 is 24.2 Å². The molecular weight excluding hydrogens is 384 g/mol. The van der Waals surface area contributed by atoms with E-state index in [0.717, 1.165) is 5.56 Å². The maximum atomic E-state index is 12.5. The van der Waals surface area contributed by atoms with Crippen molar-refractivity contribution in [2.75, 3.05) is 13.9 Å². The molecule has 0 radical (unpaired) electrons. The van der Waals surface area contributed by atoms with Crippen molar-refractivity contribution in [2.24, 2.45) is 0 Å². The lowest BCUT2D eigenvalue weighted by molar-refractivity contribution is 0.0950. The summed E-state index contributed by atoms with van der Waals surface area (Å²) in [5, 5.41) is 2.77. The van der Waals surface area contributed by atoms with Crippen LogP contribution in [-0.4, -0.2) is 34.3 Å². The van der Waals surface area contributed by atoms with Gasteiger partial charge in [0.15, 0.2) is 11.5 Å². The third-order valence-corrected chi connectivity index (χ3v) is 5.68. The van der Waals surface area contributed by atoms with Crippen molar-refractivity contribution < 1.29 is 27.4 Å². The number of rotatable bonds is 7. The van der Waals surface area contributed by atoms with E-state index in [4.69, 9.17) is 14.2 Å². The Labute approximate surface area is 163 Å². The molecule has 0 spiro atoms. The predicted octanol–water partition coefficient (Wildman–Crippen LogP) is 2.04. The number of benzene rings is 2. The molecule has 1 amide bonds. The number of carbonyl (C=O) groups excluding carboxylic acids is 1. The summed E-state index contributed by atoms with van der Waals surface area (Å²) in [4.78, 5) is 12.4. The largest absolute Gasteiger partial charge is 0.495 e. The quantitative estimate of drug-likeness (QED) is 0.729. The molecule has 2 aromatic carbocycles. The second kappa shape index (κ2) is 8.07. The van der Waals surface area contributed by atoms with Crippen molar-refractivity contribution in [3.05, 3.63) is 47.5 Å². The molecular formula is C19H22N2O6S. The number of nitrogens with one attached hydrogen (secondary N) is 2. The van der Waals surface area contributed by atoms with Gasteiger partial charge in [-0.2, -0.15) is 0 Å². The minimum atomic E-state index is -3.82. The molecule has 0 fully saturated rings. The van der Waals surface area contributed by atoms with Crippen LogP contribution in [0.4, 0.5) is 0 Å². The van der Waals surface area contributed by atoms with Crippen LogP contribution in [0.25, 0.3) is 0 Å². The number of hydrogen-bond donors (Lipinski definition) is 2. The van der Waals surface area contributed by atoms with Gasteiger partial charge in [0, 0.05) is 18.2 Å². The smallest absolute Gasteiger partial charge is 0.251 e. The van der Waals surface area contributed by atoms with Crippen molar-refractivity contribution >= 4 is 15.9 Å². The van der Waals surface area contributed by atoms with Crippen LogP contribution in [0.2, 0.25) is 0 Å². The Balaban J connectivity index is 1.77. The average molecular weight is 406 g/mol. The Morgan fingerprint density at radius 2 is 1.89 bits per heavy atom. The number of ether oxygens (including phenoxy) is 3. The van der Waals surface area contributed by atoms with Gasteiger partial charge in [0.2, 0.25) is 16.8 Å². The van der Waals surface area contributed by atoms with E-state index >= 15 is 0 Å². The molecule has 1 heterocycles. The van der Waals surface area contributed by atoms with E-state index in [0.29, 0.717) is 11.5 Å². The maximum Gasteiger partial charge on any atom is 0.251 e. The molecule has 2 aromatic rings. The Morgan fingerprint density at radius 1 is 1.14 bits per heavy atom. The topological polar surface area (TPSA) is 103 Å². The van der Waals surface area contributed by atoms with E-state index in [1.54, 1.807) is 26.0 Å². The zero-order valence-corrected chi connectivity index (χ0v) is 16.6. The van der Waals surface area contributed by atoms with Crippen LogP contribution in [0.5, 0.6) is 17.2 Å². The predicted molar refractivity (Wildman–Crippen MR) is 102 cm³/mol. The van der Waals surface area contributed by atoms with E-state index in [1.165, 1.54) is 25.3 Å². The van der Waals surface area contributed by atoms with Crippen LogP contribution in [0, 0.1) is 0 Å². The van der Waals surface area contributed by atoms with Crippen molar-refractivity contribution in [3.8, 4) is 17.2 Å². The highest BCUT2D eigenvalue weighted by molar-refractivity contribution is 7.89. The lowest BCUT2D eigenvalue weighted by Gasteiger charge is -2.14. The van der Waals surface area contributed by atoms with Crippen molar-refractivity contribution in [1.29, 1.82) is 0 Å². The fourth-order valence-corrected chi connectivity index (χ4v) is 4.18. The molecule has 9 heteroatoms. The summed E-state index contributed by atoms with van der Waals surface area (Å²) in [5.41, 5.74) is 1.05. The van der Waals surface area contributed by atoms with Crippen molar-refractivity contribution in [3.63, 3.8) is 0 Å². The summed E-state index contributed by atoms with van der Waals surface area (Å²) in [6.07, 6.45) is 0. The molecule has 0 saturated heterocycles. The maximum absolute atomic E-state index is 12.5. The first-order valence-corrected chi connectivity index (χ1v) is 10.2. The summed E-state index contributed by atoms with van der Waals surface area (Å²) in [7, 11) is -2.44. The monoisotopic (exact) mass is 406 g/mol. The fourth-order valence-electron chi connectivity index (χ4n) is 2.74. The Morgan fingerprint density at radius 3 is 2.61 bits per heavy atom. The zero-order chi connectivity index (χ0) is 20.3. The van der Waals surface area contributed by atoms with Gasteiger partial charge in [0.05, 0.1) is 7.11 Å². The molecule has 0 bridgehead atoms. The second-order valence-corrected chi connectivity index (χ2v) is 8.19. The number of fused-ring (bicyclic) bond motifs is 1. The standard InChI is InChI=1S/C19H22N2O6S/c1-12(2)21-28(23,24)18-9-14(5-7-16(18)25-3)19(22)20-10-13-4-6-15-17(8-13)27-11-26-15/h4-9,12,21H,10-11H2,1-3H3,(H,20,22). The molecule has 1 aliphatic rings. The molecule has 150 valence electrons. The third kappa shape index (κ3) is 4.37. The number of amides is 1. The highest BCUT2D eigenvalue weighted by Crippen LogP contribution is 2.32. The minimum Gasteiger partial charge on any atom is -0.495 e. The molecule has 2 N–H and O–H groups in total. The molecule has 0 saturated carbocycles. The molecule has 0 aromatic heterocycles. The fraction of sp³-hybridized carbons (Fsp3) is 0.316. The van der Waals surface area contributed by atoms with Gasteiger partial charge in [0.1, 0.15) is 10.6 Å². The highest BCUT2D eigenvalue weighted by atomic mass is 32.2. The number of methoxy groups -OCH3 is 1. The van der Waals surface area contributed by atoms with Crippen molar-refractivity contribution in [2.45, 2.75) is 31.3 Å². The first kappa shape index (κ1) is 20.0. The molecule has 0 aliphatic carbocycles. The van der Waals surface area contributed by atoms with Gasteiger partial charge in [-0.25, -0.2) is 13.1 Å². The Hall–Kier alpha value is -2.78. The van der Waals surface area contributed by atoms with E-state index in [-0.39, 0.29) is 35.6 Å². The van der Waals surface area contributed by atoms with E-state index in [2.05, 4.69) is 10.0 Å². The van der Waals surface area contributed by atoms with E-state index < -0.39 is 15.9 Å². The van der Waals surface area contributed by atoms with Gasteiger partial charge in [-0.05, 0) is 49.7 Å². The van der Waals surface area contributed by atoms with Gasteiger partial charge in [-0.1, -0.05) is 6.07 Å². The summed E-state index contributed by atoms with van der Waals surface area (Å²) in [6.45, 7) is 3.87. The first-order valence-electron chi connectivity index (χ1n) is 8.67. The van der Waals surface area contributed by atoms with Crippen molar-refractivity contribution in [1.82, 2.24) is 10.0 Å². The lowest BCUT2D eigenvalue weighted by Crippen LogP contribution is -2.31. The van der Waals surface area contributed by atoms with Crippen LogP contribution in [0.15, 0.2) is 41.3 Å². The lowest BCUT2D eigenvalue weighted by atomic mass is 10.1. The van der Waals surface area contributed by atoms with Gasteiger partial charge < -0.3 is 19.5 Å². The molecule has 28 heavy (non-hydrogen) atoms. The Kier molecular flexibility index (Phi) is 5.76. The molecule has 0 atom stereocenters.